The quantitative estimate of drug-likeness (QED) is 0.651. The van der Waals surface area contributed by atoms with Crippen molar-refractivity contribution in [1.82, 2.24) is 10.9 Å². The third-order valence-corrected chi connectivity index (χ3v) is 3.79. The number of hydrogen-bond donors (Lipinski definition) is 2. The molecule has 144 valence electrons. The Kier molecular flexibility index (Phi) is 7.48. The van der Waals surface area contributed by atoms with Crippen LogP contribution in [-0.2, 0) is 4.79 Å². The minimum absolute atomic E-state index is 0.0924. The van der Waals surface area contributed by atoms with E-state index in [-0.39, 0.29) is 12.7 Å². The van der Waals surface area contributed by atoms with Crippen molar-refractivity contribution in [2.24, 2.45) is 0 Å². The van der Waals surface area contributed by atoms with Crippen molar-refractivity contribution >= 4 is 27.7 Å². The molecule has 2 amide bonds. The first-order valence-corrected chi connectivity index (χ1v) is 9.00. The van der Waals surface area contributed by atoms with Crippen LogP contribution in [0.3, 0.4) is 0 Å². The van der Waals surface area contributed by atoms with Crippen LogP contribution in [-0.4, -0.2) is 31.6 Å². The summed E-state index contributed by atoms with van der Waals surface area (Å²) in [7, 11) is 1.56. The summed E-state index contributed by atoms with van der Waals surface area (Å²) in [6.45, 7) is 3.48. The Hall–Kier alpha value is -2.74. The smallest absolute Gasteiger partial charge is 0.276 e. The van der Waals surface area contributed by atoms with Crippen LogP contribution in [0, 0.1) is 0 Å². The van der Waals surface area contributed by atoms with Crippen LogP contribution in [0.2, 0.25) is 0 Å². The van der Waals surface area contributed by atoms with Gasteiger partial charge in [-0.2, -0.15) is 0 Å². The minimum Gasteiger partial charge on any atom is -0.497 e. The van der Waals surface area contributed by atoms with Gasteiger partial charge in [0.25, 0.3) is 11.8 Å². The van der Waals surface area contributed by atoms with Gasteiger partial charge in [-0.25, -0.2) is 0 Å². The molecule has 0 fully saturated rings. The van der Waals surface area contributed by atoms with Crippen molar-refractivity contribution in [1.29, 1.82) is 0 Å². The molecule has 2 rings (SSSR count). The molecule has 0 bridgehead atoms. The van der Waals surface area contributed by atoms with E-state index in [1.165, 1.54) is 0 Å². The molecule has 0 radical (unpaired) electrons. The van der Waals surface area contributed by atoms with Crippen molar-refractivity contribution in [3.05, 3.63) is 52.5 Å². The monoisotopic (exact) mass is 436 g/mol. The number of halogens is 1. The highest BCUT2D eigenvalue weighted by atomic mass is 79.9. The highest BCUT2D eigenvalue weighted by Crippen LogP contribution is 2.24. The van der Waals surface area contributed by atoms with Crippen molar-refractivity contribution < 1.29 is 23.8 Å². The number of carbonyl (C=O) groups excluding carboxylic acids is 2. The number of rotatable bonds is 7. The molecule has 0 spiro atoms. The largest absolute Gasteiger partial charge is 0.497 e. The zero-order valence-electron chi connectivity index (χ0n) is 15.2. The maximum Gasteiger partial charge on any atom is 0.276 e. The highest BCUT2D eigenvalue weighted by Gasteiger charge is 2.15. The van der Waals surface area contributed by atoms with Gasteiger partial charge in [0, 0.05) is 4.47 Å². The van der Waals surface area contributed by atoms with Gasteiger partial charge in [0.05, 0.1) is 18.8 Å². The Morgan fingerprint density at radius 2 is 1.70 bits per heavy atom. The Bertz CT molecular complexity index is 793. The summed E-state index contributed by atoms with van der Waals surface area (Å²) in [5.74, 6) is 0.629. The number of carbonyl (C=O) groups is 2. The maximum absolute atomic E-state index is 12.4. The van der Waals surface area contributed by atoms with Gasteiger partial charge >= 0.3 is 0 Å². The average molecular weight is 437 g/mol. The molecule has 0 aromatic heterocycles. The lowest BCUT2D eigenvalue weighted by Gasteiger charge is -2.15. The van der Waals surface area contributed by atoms with Gasteiger partial charge in [-0.1, -0.05) is 15.9 Å². The van der Waals surface area contributed by atoms with Gasteiger partial charge in [0.1, 0.15) is 17.2 Å². The van der Waals surface area contributed by atoms with Crippen molar-refractivity contribution in [3.63, 3.8) is 0 Å². The van der Waals surface area contributed by atoms with E-state index in [1.54, 1.807) is 49.6 Å². The van der Waals surface area contributed by atoms with Crippen LogP contribution in [0.4, 0.5) is 0 Å². The lowest BCUT2D eigenvalue weighted by Crippen LogP contribution is -2.44. The molecule has 7 nitrogen and oxygen atoms in total. The molecule has 0 aliphatic rings. The van der Waals surface area contributed by atoms with E-state index in [9.17, 15) is 9.59 Å². The first-order valence-electron chi connectivity index (χ1n) is 8.21. The Labute approximate surface area is 166 Å². The van der Waals surface area contributed by atoms with Crippen molar-refractivity contribution in [3.8, 4) is 17.2 Å². The lowest BCUT2D eigenvalue weighted by atomic mass is 10.2. The first-order chi connectivity index (χ1) is 12.9. The molecule has 27 heavy (non-hydrogen) atoms. The number of hydrazine groups is 1. The molecular formula is C19H21BrN2O5. The van der Waals surface area contributed by atoms with Crippen molar-refractivity contribution in [2.75, 3.05) is 13.7 Å². The molecular weight excluding hydrogens is 416 g/mol. The average Bonchev–Trinajstić information content (AvgIpc) is 2.65. The number of amides is 2. The predicted molar refractivity (Wildman–Crippen MR) is 104 cm³/mol. The van der Waals surface area contributed by atoms with E-state index in [0.717, 1.165) is 4.47 Å². The molecule has 2 aromatic carbocycles. The third kappa shape index (κ3) is 6.49. The molecule has 0 heterocycles. The third-order valence-electron chi connectivity index (χ3n) is 3.29. The standard InChI is InChI=1S/C19H21BrN2O5/c1-12(2)27-17-9-4-13(20)10-16(17)19(24)22-21-18(23)11-26-15-7-5-14(25-3)6-8-15/h4-10,12H,11H2,1-3H3,(H,21,23)(H,22,24). The predicted octanol–water partition coefficient (Wildman–Crippen LogP) is 3.08. The zero-order chi connectivity index (χ0) is 19.8. The molecule has 0 aliphatic heterocycles. The second kappa shape index (κ2) is 9.82. The molecule has 0 atom stereocenters. The molecule has 8 heteroatoms. The number of ether oxygens (including phenoxy) is 3. The van der Waals surface area contributed by atoms with Gasteiger partial charge < -0.3 is 14.2 Å². The van der Waals surface area contributed by atoms with Crippen LogP contribution >= 0.6 is 15.9 Å². The second-order valence-electron chi connectivity index (χ2n) is 5.77. The van der Waals surface area contributed by atoms with Gasteiger partial charge in [0.2, 0.25) is 0 Å². The van der Waals surface area contributed by atoms with Crippen LogP contribution in [0.5, 0.6) is 17.2 Å². The van der Waals surface area contributed by atoms with Crippen LogP contribution in [0.25, 0.3) is 0 Å². The fourth-order valence-electron chi connectivity index (χ4n) is 2.09. The number of methoxy groups -OCH3 is 1. The van der Waals surface area contributed by atoms with Gasteiger partial charge in [-0.15, -0.1) is 0 Å². The summed E-state index contributed by atoms with van der Waals surface area (Å²) in [6.07, 6.45) is -0.0924. The Morgan fingerprint density at radius 1 is 1.04 bits per heavy atom. The van der Waals surface area contributed by atoms with Crippen LogP contribution in [0.15, 0.2) is 46.9 Å². The van der Waals surface area contributed by atoms with E-state index in [2.05, 4.69) is 26.8 Å². The number of hydrogen-bond acceptors (Lipinski definition) is 5. The van der Waals surface area contributed by atoms with E-state index < -0.39 is 11.8 Å². The lowest BCUT2D eigenvalue weighted by molar-refractivity contribution is -0.123. The normalized spacial score (nSPS) is 10.3. The van der Waals surface area contributed by atoms with E-state index in [4.69, 9.17) is 14.2 Å². The Balaban J connectivity index is 1.89. The fraction of sp³-hybridized carbons (Fsp3) is 0.263. The SMILES string of the molecule is COc1ccc(OCC(=O)NNC(=O)c2cc(Br)ccc2OC(C)C)cc1. The molecule has 2 N–H and O–H groups in total. The van der Waals surface area contributed by atoms with Crippen molar-refractivity contribution in [2.45, 2.75) is 20.0 Å². The zero-order valence-corrected chi connectivity index (χ0v) is 16.8. The van der Waals surface area contributed by atoms with Gasteiger partial charge in [-0.3, -0.25) is 20.4 Å². The summed E-state index contributed by atoms with van der Waals surface area (Å²) in [4.78, 5) is 24.3. The van der Waals surface area contributed by atoms with Crippen LogP contribution in [0.1, 0.15) is 24.2 Å². The molecule has 2 aromatic rings. The molecule has 0 aliphatic carbocycles. The first kappa shape index (κ1) is 20.6. The highest BCUT2D eigenvalue weighted by molar-refractivity contribution is 9.10. The van der Waals surface area contributed by atoms with E-state index >= 15 is 0 Å². The Morgan fingerprint density at radius 3 is 2.33 bits per heavy atom. The van der Waals surface area contributed by atoms with Gasteiger partial charge in [-0.05, 0) is 56.3 Å². The second-order valence-corrected chi connectivity index (χ2v) is 6.69. The minimum atomic E-state index is -0.500. The topological polar surface area (TPSA) is 85.9 Å². The summed E-state index contributed by atoms with van der Waals surface area (Å²) in [5.41, 5.74) is 4.97. The fourth-order valence-corrected chi connectivity index (χ4v) is 2.45. The number of nitrogens with one attached hydrogen (secondary N) is 2. The maximum atomic E-state index is 12.4. The summed E-state index contributed by atoms with van der Waals surface area (Å²) in [6, 6.07) is 11.9. The molecule has 0 unspecified atom stereocenters. The summed E-state index contributed by atoms with van der Waals surface area (Å²) in [5, 5.41) is 0. The van der Waals surface area contributed by atoms with E-state index in [1.807, 2.05) is 13.8 Å². The number of benzene rings is 2. The summed E-state index contributed by atoms with van der Waals surface area (Å²) >= 11 is 3.32. The summed E-state index contributed by atoms with van der Waals surface area (Å²) < 4.78 is 16.7. The van der Waals surface area contributed by atoms with E-state index in [0.29, 0.717) is 22.8 Å². The molecule has 0 saturated heterocycles. The molecule has 0 saturated carbocycles. The van der Waals surface area contributed by atoms with Gasteiger partial charge in [0.15, 0.2) is 6.61 Å². The van der Waals surface area contributed by atoms with Crippen LogP contribution < -0.4 is 25.1 Å².